The van der Waals surface area contributed by atoms with E-state index in [2.05, 4.69) is 5.10 Å². The van der Waals surface area contributed by atoms with E-state index >= 15 is 0 Å². The van der Waals surface area contributed by atoms with E-state index in [1.807, 2.05) is 30.3 Å². The molecule has 6 nitrogen and oxygen atoms in total. The van der Waals surface area contributed by atoms with Gasteiger partial charge in [-0.1, -0.05) is 30.3 Å². The van der Waals surface area contributed by atoms with Gasteiger partial charge in [0.1, 0.15) is 12.2 Å². The number of carbonyl (C=O) groups excluding carboxylic acids is 2. The normalized spacial score (nSPS) is 11.0. The number of nitrogens with zero attached hydrogens (tertiary/aromatic N) is 2. The van der Waals surface area contributed by atoms with Gasteiger partial charge in [-0.2, -0.15) is 9.78 Å². The van der Waals surface area contributed by atoms with Crippen molar-refractivity contribution in [3.05, 3.63) is 53.9 Å². The number of aromatic nitrogens is 2. The second-order valence-corrected chi connectivity index (χ2v) is 5.72. The molecule has 0 aliphatic heterocycles. The van der Waals surface area contributed by atoms with Gasteiger partial charge in [-0.25, -0.2) is 9.59 Å². The van der Waals surface area contributed by atoms with Gasteiger partial charge in [-0.15, -0.1) is 0 Å². The lowest BCUT2D eigenvalue weighted by molar-refractivity contribution is 0.0472. The van der Waals surface area contributed by atoms with Crippen LogP contribution in [0.1, 0.15) is 36.7 Å². The van der Waals surface area contributed by atoms with Gasteiger partial charge in [0, 0.05) is 0 Å². The van der Waals surface area contributed by atoms with Crippen LogP contribution in [0.15, 0.2) is 42.7 Å². The summed E-state index contributed by atoms with van der Waals surface area (Å²) in [5.41, 5.74) is 0.453. The van der Waals surface area contributed by atoms with E-state index < -0.39 is 17.7 Å². The fourth-order valence-corrected chi connectivity index (χ4v) is 1.64. The number of rotatable bonds is 3. The van der Waals surface area contributed by atoms with Gasteiger partial charge in [0.2, 0.25) is 0 Å². The average Bonchev–Trinajstić information content (AvgIpc) is 2.94. The van der Waals surface area contributed by atoms with Crippen molar-refractivity contribution in [2.45, 2.75) is 33.0 Å². The molecule has 0 aliphatic carbocycles. The summed E-state index contributed by atoms with van der Waals surface area (Å²) in [5, 5.41) is 3.82. The molecule has 0 unspecified atom stereocenters. The number of benzene rings is 1. The molecule has 0 saturated carbocycles. The van der Waals surface area contributed by atoms with Crippen molar-refractivity contribution >= 4 is 12.1 Å². The predicted octanol–water partition coefficient (Wildman–Crippen LogP) is 3.02. The summed E-state index contributed by atoms with van der Waals surface area (Å²) in [4.78, 5) is 23.7. The van der Waals surface area contributed by atoms with Crippen LogP contribution in [0.2, 0.25) is 0 Å². The Hall–Kier alpha value is -2.63. The van der Waals surface area contributed by atoms with Crippen LogP contribution in [0.5, 0.6) is 0 Å². The quantitative estimate of drug-likeness (QED) is 0.815. The highest BCUT2D eigenvalue weighted by molar-refractivity contribution is 5.89. The predicted molar refractivity (Wildman–Crippen MR) is 79.4 cm³/mol. The van der Waals surface area contributed by atoms with E-state index in [1.54, 1.807) is 20.8 Å². The second kappa shape index (κ2) is 6.43. The van der Waals surface area contributed by atoms with Gasteiger partial charge in [0.25, 0.3) is 0 Å². The molecule has 0 amide bonds. The first-order chi connectivity index (χ1) is 10.3. The number of carbonyl (C=O) groups is 2. The van der Waals surface area contributed by atoms with E-state index in [4.69, 9.17) is 9.47 Å². The topological polar surface area (TPSA) is 70.4 Å². The minimum atomic E-state index is -0.644. The summed E-state index contributed by atoms with van der Waals surface area (Å²) < 4.78 is 11.3. The monoisotopic (exact) mass is 302 g/mol. The van der Waals surface area contributed by atoms with Crippen molar-refractivity contribution in [3.8, 4) is 0 Å². The standard InChI is InChI=1S/C16H18N2O4/c1-16(2,3)22-15(20)18-10-13(9-17-18)14(19)21-11-12-7-5-4-6-8-12/h4-10H,11H2,1-3H3. The van der Waals surface area contributed by atoms with Crippen molar-refractivity contribution in [2.75, 3.05) is 0 Å². The highest BCUT2D eigenvalue weighted by Gasteiger charge is 2.20. The Morgan fingerprint density at radius 2 is 1.86 bits per heavy atom. The van der Waals surface area contributed by atoms with Gasteiger partial charge >= 0.3 is 12.1 Å². The Morgan fingerprint density at radius 3 is 2.50 bits per heavy atom. The van der Waals surface area contributed by atoms with E-state index in [0.717, 1.165) is 10.2 Å². The molecule has 0 N–H and O–H groups in total. The van der Waals surface area contributed by atoms with Crippen LogP contribution in [0.25, 0.3) is 0 Å². The summed E-state index contributed by atoms with van der Waals surface area (Å²) in [6.07, 6.45) is 1.92. The van der Waals surface area contributed by atoms with Crippen molar-refractivity contribution in [2.24, 2.45) is 0 Å². The molecule has 6 heteroatoms. The summed E-state index contributed by atoms with van der Waals surface area (Å²) in [6, 6.07) is 9.33. The van der Waals surface area contributed by atoms with Gasteiger partial charge in [0.15, 0.2) is 0 Å². The summed E-state index contributed by atoms with van der Waals surface area (Å²) >= 11 is 0. The zero-order valence-corrected chi connectivity index (χ0v) is 12.8. The molecule has 2 rings (SSSR count). The second-order valence-electron chi connectivity index (χ2n) is 5.72. The maximum absolute atomic E-state index is 11.9. The fourth-order valence-electron chi connectivity index (χ4n) is 1.64. The molecule has 22 heavy (non-hydrogen) atoms. The Labute approximate surface area is 128 Å². The van der Waals surface area contributed by atoms with E-state index in [1.165, 1.54) is 12.4 Å². The first-order valence-corrected chi connectivity index (χ1v) is 6.84. The maximum Gasteiger partial charge on any atom is 0.435 e. The third kappa shape index (κ3) is 4.44. The Kier molecular flexibility index (Phi) is 4.60. The zero-order chi connectivity index (χ0) is 16.2. The van der Waals surface area contributed by atoms with Gasteiger partial charge in [-0.3, -0.25) is 0 Å². The van der Waals surface area contributed by atoms with Crippen LogP contribution in [0.3, 0.4) is 0 Å². The minimum Gasteiger partial charge on any atom is -0.457 e. The molecule has 0 saturated heterocycles. The molecule has 0 fully saturated rings. The molecule has 0 bridgehead atoms. The molecule has 0 atom stereocenters. The number of hydrogen-bond acceptors (Lipinski definition) is 5. The SMILES string of the molecule is CC(C)(C)OC(=O)n1cc(C(=O)OCc2ccccc2)cn1. The van der Waals surface area contributed by atoms with Crippen molar-refractivity contribution in [3.63, 3.8) is 0 Å². The van der Waals surface area contributed by atoms with E-state index in [-0.39, 0.29) is 12.2 Å². The van der Waals surface area contributed by atoms with Crippen LogP contribution in [0.4, 0.5) is 4.79 Å². The lowest BCUT2D eigenvalue weighted by atomic mass is 10.2. The van der Waals surface area contributed by atoms with Gasteiger partial charge in [0.05, 0.1) is 18.0 Å². The molecule has 1 heterocycles. The molecule has 116 valence electrons. The van der Waals surface area contributed by atoms with Crippen LogP contribution in [-0.2, 0) is 16.1 Å². The van der Waals surface area contributed by atoms with E-state index in [0.29, 0.717) is 0 Å². The first kappa shape index (κ1) is 15.8. The molecular formula is C16H18N2O4. The summed E-state index contributed by atoms with van der Waals surface area (Å²) in [5.74, 6) is -0.543. The van der Waals surface area contributed by atoms with E-state index in [9.17, 15) is 9.59 Å². The third-order valence-electron chi connectivity index (χ3n) is 2.61. The highest BCUT2D eigenvalue weighted by atomic mass is 16.6. The Bertz CT molecular complexity index is 656. The molecule has 1 aromatic heterocycles. The van der Waals surface area contributed by atoms with Crippen LogP contribution >= 0.6 is 0 Å². The van der Waals surface area contributed by atoms with Crippen LogP contribution in [0, 0.1) is 0 Å². The summed E-state index contributed by atoms with van der Waals surface area (Å²) in [6.45, 7) is 5.42. The molecule has 0 radical (unpaired) electrons. The van der Waals surface area contributed by atoms with Crippen LogP contribution in [-0.4, -0.2) is 27.4 Å². The van der Waals surface area contributed by atoms with Crippen molar-refractivity contribution in [1.82, 2.24) is 9.78 Å². The minimum absolute atomic E-state index is 0.164. The molecule has 0 aliphatic rings. The van der Waals surface area contributed by atoms with Crippen LogP contribution < -0.4 is 0 Å². The lowest BCUT2D eigenvalue weighted by Gasteiger charge is -2.18. The first-order valence-electron chi connectivity index (χ1n) is 6.84. The number of esters is 1. The van der Waals surface area contributed by atoms with Crippen molar-refractivity contribution in [1.29, 1.82) is 0 Å². The molecule has 2 aromatic rings. The highest BCUT2D eigenvalue weighted by Crippen LogP contribution is 2.10. The smallest absolute Gasteiger partial charge is 0.435 e. The third-order valence-corrected chi connectivity index (χ3v) is 2.61. The molecule has 1 aromatic carbocycles. The molecular weight excluding hydrogens is 284 g/mol. The Morgan fingerprint density at radius 1 is 1.18 bits per heavy atom. The lowest BCUT2D eigenvalue weighted by Crippen LogP contribution is -2.27. The largest absolute Gasteiger partial charge is 0.457 e. The number of hydrogen-bond donors (Lipinski definition) is 0. The average molecular weight is 302 g/mol. The van der Waals surface area contributed by atoms with Gasteiger partial charge in [-0.05, 0) is 26.3 Å². The number of ether oxygens (including phenoxy) is 2. The fraction of sp³-hybridized carbons (Fsp3) is 0.312. The van der Waals surface area contributed by atoms with Crippen molar-refractivity contribution < 1.29 is 19.1 Å². The molecule has 0 spiro atoms. The van der Waals surface area contributed by atoms with Gasteiger partial charge < -0.3 is 9.47 Å². The summed E-state index contributed by atoms with van der Waals surface area (Å²) in [7, 11) is 0. The zero-order valence-electron chi connectivity index (χ0n) is 12.8. The maximum atomic E-state index is 11.9. The Balaban J connectivity index is 1.96.